The van der Waals surface area contributed by atoms with E-state index in [9.17, 15) is 14.4 Å². The van der Waals surface area contributed by atoms with Crippen LogP contribution in [0.2, 0.25) is 0 Å². The molecule has 0 bridgehead atoms. The molecule has 1 aromatic carbocycles. The second kappa shape index (κ2) is 7.45. The molecule has 1 heterocycles. The molecule has 1 aliphatic heterocycles. The first kappa shape index (κ1) is 18.4. The van der Waals surface area contributed by atoms with Crippen LogP contribution in [0.1, 0.15) is 37.7 Å². The minimum Gasteiger partial charge on any atom is -0.458 e. The maximum atomic E-state index is 12.8. The van der Waals surface area contributed by atoms with Crippen molar-refractivity contribution in [2.24, 2.45) is 5.92 Å². The first-order chi connectivity index (χ1) is 12.4. The molecule has 1 unspecified atom stereocenters. The molecule has 7 nitrogen and oxygen atoms in total. The molecule has 2 fully saturated rings. The summed E-state index contributed by atoms with van der Waals surface area (Å²) in [6.07, 6.45) is 3.59. The molecule has 0 aromatic heterocycles. The van der Waals surface area contributed by atoms with Gasteiger partial charge in [-0.1, -0.05) is 0 Å². The first-order valence-corrected chi connectivity index (χ1v) is 8.86. The number of hydrogen-bond acceptors (Lipinski definition) is 5. The van der Waals surface area contributed by atoms with Gasteiger partial charge in [0.1, 0.15) is 12.2 Å². The highest BCUT2D eigenvalue weighted by Crippen LogP contribution is 2.45. The van der Waals surface area contributed by atoms with Crippen molar-refractivity contribution >= 4 is 29.2 Å². The van der Waals surface area contributed by atoms with E-state index in [4.69, 9.17) is 9.47 Å². The predicted octanol–water partition coefficient (Wildman–Crippen LogP) is 2.39. The summed E-state index contributed by atoms with van der Waals surface area (Å²) in [6.45, 7) is 1.83. The number of hydrogen-bond donors (Lipinski definition) is 2. The van der Waals surface area contributed by atoms with E-state index in [0.29, 0.717) is 11.4 Å². The van der Waals surface area contributed by atoms with Crippen LogP contribution in [0, 0.1) is 12.8 Å². The topological polar surface area (TPSA) is 93.7 Å². The Morgan fingerprint density at radius 1 is 1.27 bits per heavy atom. The molecule has 1 spiro atoms. The monoisotopic (exact) mass is 360 g/mol. The number of benzene rings is 1. The highest BCUT2D eigenvalue weighted by molar-refractivity contribution is 5.98. The summed E-state index contributed by atoms with van der Waals surface area (Å²) in [5.41, 5.74) is 1.49. The van der Waals surface area contributed by atoms with E-state index in [1.165, 1.54) is 7.11 Å². The molecule has 1 saturated carbocycles. The molecular formula is C19H24N2O5. The molecule has 7 heteroatoms. The number of methoxy groups -OCH3 is 1. The fourth-order valence-corrected chi connectivity index (χ4v) is 3.88. The van der Waals surface area contributed by atoms with Crippen molar-refractivity contribution in [2.45, 2.75) is 44.6 Å². The van der Waals surface area contributed by atoms with Gasteiger partial charge in [-0.15, -0.1) is 0 Å². The third-order valence-corrected chi connectivity index (χ3v) is 5.13. The molecule has 2 aliphatic rings. The van der Waals surface area contributed by atoms with Gasteiger partial charge in [-0.2, -0.15) is 0 Å². The lowest BCUT2D eigenvalue weighted by Crippen LogP contribution is -2.39. The Morgan fingerprint density at radius 2 is 2.00 bits per heavy atom. The van der Waals surface area contributed by atoms with Crippen LogP contribution >= 0.6 is 0 Å². The number of rotatable bonds is 5. The van der Waals surface area contributed by atoms with E-state index in [1.54, 1.807) is 18.2 Å². The summed E-state index contributed by atoms with van der Waals surface area (Å²) in [5, 5.41) is 5.64. The number of carbonyl (C=O) groups excluding carboxylic acids is 3. The normalized spacial score (nSPS) is 20.8. The lowest BCUT2D eigenvalue weighted by molar-refractivity contribution is -0.149. The number of amides is 2. The van der Waals surface area contributed by atoms with Gasteiger partial charge >= 0.3 is 5.97 Å². The van der Waals surface area contributed by atoms with E-state index < -0.39 is 11.5 Å². The minimum atomic E-state index is -0.621. The Bertz CT molecular complexity index is 725. The maximum Gasteiger partial charge on any atom is 0.307 e. The third-order valence-electron chi connectivity index (χ3n) is 5.13. The standard InChI is InChI=1S/C19H24N2O5/c1-12-9-13(5-6-15(12)21-16(22)11-25-2)20-18(24)14-10-17(23)26-19(14)7-3-4-8-19/h5-6,9,14H,3-4,7-8,10-11H2,1-2H3,(H,20,24)(H,21,22). The molecular weight excluding hydrogens is 336 g/mol. The Kier molecular flexibility index (Phi) is 5.27. The SMILES string of the molecule is COCC(=O)Nc1ccc(NC(=O)C2CC(=O)OC23CCCC3)cc1C. The Morgan fingerprint density at radius 3 is 2.65 bits per heavy atom. The van der Waals surface area contributed by atoms with Crippen LogP contribution in [0.15, 0.2) is 18.2 Å². The van der Waals surface area contributed by atoms with Gasteiger partial charge in [0.25, 0.3) is 0 Å². The average molecular weight is 360 g/mol. The summed E-state index contributed by atoms with van der Waals surface area (Å²) >= 11 is 0. The number of nitrogens with one attached hydrogen (secondary N) is 2. The van der Waals surface area contributed by atoms with Crippen molar-refractivity contribution in [3.05, 3.63) is 23.8 Å². The van der Waals surface area contributed by atoms with E-state index in [0.717, 1.165) is 31.2 Å². The molecule has 1 saturated heterocycles. The van der Waals surface area contributed by atoms with Gasteiger partial charge in [-0.3, -0.25) is 14.4 Å². The van der Waals surface area contributed by atoms with Gasteiger partial charge < -0.3 is 20.1 Å². The third kappa shape index (κ3) is 3.72. The van der Waals surface area contributed by atoms with Crippen LogP contribution in [0.5, 0.6) is 0 Å². The summed E-state index contributed by atoms with van der Waals surface area (Å²) in [6, 6.07) is 5.26. The zero-order chi connectivity index (χ0) is 18.7. The lowest BCUT2D eigenvalue weighted by Gasteiger charge is -2.28. The number of ether oxygens (including phenoxy) is 2. The first-order valence-electron chi connectivity index (χ1n) is 8.86. The molecule has 0 radical (unpaired) electrons. The minimum absolute atomic E-state index is 0.0181. The van der Waals surface area contributed by atoms with Gasteiger partial charge in [0.05, 0.1) is 12.3 Å². The van der Waals surface area contributed by atoms with Gasteiger partial charge in [-0.05, 0) is 56.4 Å². The molecule has 1 aromatic rings. The van der Waals surface area contributed by atoms with Crippen LogP contribution in [-0.4, -0.2) is 37.1 Å². The van der Waals surface area contributed by atoms with Crippen molar-refractivity contribution in [1.82, 2.24) is 0 Å². The van der Waals surface area contributed by atoms with Crippen molar-refractivity contribution < 1.29 is 23.9 Å². The molecule has 3 rings (SSSR count). The smallest absolute Gasteiger partial charge is 0.307 e. The van der Waals surface area contributed by atoms with Crippen LogP contribution in [-0.2, 0) is 23.9 Å². The summed E-state index contributed by atoms with van der Waals surface area (Å²) in [7, 11) is 1.46. The zero-order valence-corrected chi connectivity index (χ0v) is 15.1. The maximum absolute atomic E-state index is 12.8. The van der Waals surface area contributed by atoms with Crippen molar-refractivity contribution in [1.29, 1.82) is 0 Å². The quantitative estimate of drug-likeness (QED) is 0.787. The zero-order valence-electron chi connectivity index (χ0n) is 15.1. The molecule has 1 aliphatic carbocycles. The van der Waals surface area contributed by atoms with Crippen LogP contribution in [0.25, 0.3) is 0 Å². The van der Waals surface area contributed by atoms with Crippen LogP contribution < -0.4 is 10.6 Å². The van der Waals surface area contributed by atoms with E-state index >= 15 is 0 Å². The van der Waals surface area contributed by atoms with Crippen LogP contribution in [0.3, 0.4) is 0 Å². The number of carbonyl (C=O) groups is 3. The average Bonchev–Trinajstić information content (AvgIpc) is 3.17. The number of esters is 1. The fourth-order valence-electron chi connectivity index (χ4n) is 3.88. The number of aryl methyl sites for hydroxylation is 1. The second-order valence-corrected chi connectivity index (χ2v) is 7.00. The van der Waals surface area contributed by atoms with Gasteiger partial charge in [0.15, 0.2) is 0 Å². The fraction of sp³-hybridized carbons (Fsp3) is 0.526. The van der Waals surface area contributed by atoms with E-state index in [1.807, 2.05) is 6.92 Å². The number of anilines is 2. The van der Waals surface area contributed by atoms with Crippen molar-refractivity contribution in [2.75, 3.05) is 24.4 Å². The Labute approximate surface area is 152 Å². The predicted molar refractivity (Wildman–Crippen MR) is 95.7 cm³/mol. The molecule has 140 valence electrons. The molecule has 2 N–H and O–H groups in total. The molecule has 2 amide bonds. The van der Waals surface area contributed by atoms with Crippen LogP contribution in [0.4, 0.5) is 11.4 Å². The summed E-state index contributed by atoms with van der Waals surface area (Å²) in [4.78, 5) is 36.1. The largest absolute Gasteiger partial charge is 0.458 e. The highest BCUT2D eigenvalue weighted by Gasteiger charge is 2.53. The van der Waals surface area contributed by atoms with E-state index in [-0.39, 0.29) is 30.8 Å². The van der Waals surface area contributed by atoms with Gasteiger partial charge in [0, 0.05) is 18.5 Å². The van der Waals surface area contributed by atoms with Gasteiger partial charge in [-0.25, -0.2) is 0 Å². The van der Waals surface area contributed by atoms with Gasteiger partial charge in [0.2, 0.25) is 11.8 Å². The Hall–Kier alpha value is -2.41. The Balaban J connectivity index is 1.68. The lowest BCUT2D eigenvalue weighted by atomic mass is 9.85. The molecule has 1 atom stereocenters. The second-order valence-electron chi connectivity index (χ2n) is 7.00. The highest BCUT2D eigenvalue weighted by atomic mass is 16.6. The van der Waals surface area contributed by atoms with Crippen molar-refractivity contribution in [3.8, 4) is 0 Å². The summed E-state index contributed by atoms with van der Waals surface area (Å²) in [5.74, 6) is -1.16. The van der Waals surface area contributed by atoms with Crippen molar-refractivity contribution in [3.63, 3.8) is 0 Å². The van der Waals surface area contributed by atoms with E-state index in [2.05, 4.69) is 10.6 Å². The summed E-state index contributed by atoms with van der Waals surface area (Å²) < 4.78 is 10.3. The molecule has 26 heavy (non-hydrogen) atoms.